The van der Waals surface area contributed by atoms with Gasteiger partial charge in [-0.2, -0.15) is 0 Å². The SMILES string of the molecule is COC(=O)c1ccc(N2C(=O)NC(=O)/C(=C/c3cc(Br)c(OCC(=O)Nc4cc(C)ccc4C)c(OC)c3)C2=O)cc1. The zero-order valence-corrected chi connectivity index (χ0v) is 24.7. The summed E-state index contributed by atoms with van der Waals surface area (Å²) in [7, 11) is 2.63. The molecule has 4 rings (SSSR count). The topological polar surface area (TPSA) is 140 Å². The van der Waals surface area contributed by atoms with Crippen LogP contribution in [0, 0.1) is 13.8 Å². The zero-order chi connectivity index (χ0) is 30.6. The highest BCUT2D eigenvalue weighted by Gasteiger charge is 2.37. The smallest absolute Gasteiger partial charge is 0.337 e. The predicted molar refractivity (Wildman–Crippen MR) is 158 cm³/mol. The molecule has 1 heterocycles. The number of ether oxygens (including phenoxy) is 3. The van der Waals surface area contributed by atoms with Gasteiger partial charge in [-0.3, -0.25) is 19.7 Å². The maximum Gasteiger partial charge on any atom is 0.337 e. The molecule has 0 aromatic heterocycles. The van der Waals surface area contributed by atoms with Crippen LogP contribution in [0.15, 0.2) is 64.6 Å². The number of rotatable bonds is 8. The van der Waals surface area contributed by atoms with E-state index in [4.69, 9.17) is 9.47 Å². The first-order valence-corrected chi connectivity index (χ1v) is 13.3. The third-order valence-corrected chi connectivity index (χ3v) is 6.81. The molecule has 1 aliphatic rings. The van der Waals surface area contributed by atoms with E-state index in [1.165, 1.54) is 50.6 Å². The second-order valence-electron chi connectivity index (χ2n) is 9.19. The molecule has 12 heteroatoms. The number of carbonyl (C=O) groups excluding carboxylic acids is 5. The van der Waals surface area contributed by atoms with Gasteiger partial charge in [-0.1, -0.05) is 12.1 Å². The van der Waals surface area contributed by atoms with Gasteiger partial charge >= 0.3 is 12.0 Å². The fourth-order valence-corrected chi connectivity index (χ4v) is 4.65. The van der Waals surface area contributed by atoms with E-state index in [1.54, 1.807) is 6.07 Å². The molecule has 0 radical (unpaired) electrons. The third kappa shape index (κ3) is 6.50. The van der Waals surface area contributed by atoms with E-state index < -0.39 is 23.8 Å². The molecule has 0 saturated carbocycles. The van der Waals surface area contributed by atoms with E-state index in [9.17, 15) is 24.0 Å². The molecular formula is C30H26BrN3O8. The van der Waals surface area contributed by atoms with Crippen LogP contribution >= 0.6 is 15.9 Å². The number of halogens is 1. The van der Waals surface area contributed by atoms with E-state index in [0.29, 0.717) is 15.7 Å². The highest BCUT2D eigenvalue weighted by atomic mass is 79.9. The number of benzene rings is 3. The number of imide groups is 2. The van der Waals surface area contributed by atoms with Crippen LogP contribution in [-0.4, -0.2) is 50.5 Å². The lowest BCUT2D eigenvalue weighted by atomic mass is 10.1. The number of anilines is 2. The molecule has 0 unspecified atom stereocenters. The number of barbiturate groups is 1. The number of hydrogen-bond acceptors (Lipinski definition) is 8. The molecule has 3 aromatic carbocycles. The Hall–Kier alpha value is -4.97. The summed E-state index contributed by atoms with van der Waals surface area (Å²) in [5.41, 5.74) is 3.01. The van der Waals surface area contributed by atoms with Gasteiger partial charge in [0.1, 0.15) is 5.57 Å². The van der Waals surface area contributed by atoms with Crippen molar-refractivity contribution >= 4 is 63.1 Å². The summed E-state index contributed by atoms with van der Waals surface area (Å²) >= 11 is 3.40. The minimum atomic E-state index is -0.936. The number of carbonyl (C=O) groups is 5. The van der Waals surface area contributed by atoms with Gasteiger partial charge in [0, 0.05) is 5.69 Å². The van der Waals surface area contributed by atoms with E-state index in [1.807, 2.05) is 32.0 Å². The molecular weight excluding hydrogens is 610 g/mol. The van der Waals surface area contributed by atoms with Crippen molar-refractivity contribution in [2.75, 3.05) is 31.0 Å². The Morgan fingerprint density at radius 1 is 1.00 bits per heavy atom. The Kier molecular flexibility index (Phi) is 9.06. The van der Waals surface area contributed by atoms with Gasteiger partial charge in [0.05, 0.1) is 29.9 Å². The molecule has 0 spiro atoms. The van der Waals surface area contributed by atoms with Crippen LogP contribution in [0.25, 0.3) is 6.08 Å². The summed E-state index contributed by atoms with van der Waals surface area (Å²) < 4.78 is 16.2. The van der Waals surface area contributed by atoms with Gasteiger partial charge in [-0.15, -0.1) is 0 Å². The number of urea groups is 1. The van der Waals surface area contributed by atoms with Gasteiger partial charge in [-0.05, 0) is 95.0 Å². The minimum absolute atomic E-state index is 0.144. The number of esters is 1. The van der Waals surface area contributed by atoms with Crippen molar-refractivity contribution in [3.63, 3.8) is 0 Å². The number of aryl methyl sites for hydroxylation is 2. The summed E-state index contributed by atoms with van der Waals surface area (Å²) in [6.45, 7) is 3.50. The maximum absolute atomic E-state index is 13.3. The van der Waals surface area contributed by atoms with Crippen molar-refractivity contribution < 1.29 is 38.2 Å². The Balaban J connectivity index is 1.55. The van der Waals surface area contributed by atoms with Gasteiger partial charge in [0.2, 0.25) is 0 Å². The summed E-state index contributed by atoms with van der Waals surface area (Å²) in [4.78, 5) is 63.5. The Bertz CT molecular complexity index is 1630. The molecule has 0 bridgehead atoms. The van der Waals surface area contributed by atoms with Crippen molar-refractivity contribution in [1.82, 2.24) is 5.32 Å². The summed E-state index contributed by atoms with van der Waals surface area (Å²) in [6.07, 6.45) is 1.30. The molecule has 1 fully saturated rings. The number of hydrogen-bond donors (Lipinski definition) is 2. The highest BCUT2D eigenvalue weighted by molar-refractivity contribution is 9.10. The van der Waals surface area contributed by atoms with Crippen LogP contribution in [-0.2, 0) is 19.1 Å². The molecule has 1 aliphatic heterocycles. The normalized spacial score (nSPS) is 14.0. The Morgan fingerprint density at radius 3 is 2.38 bits per heavy atom. The largest absolute Gasteiger partial charge is 0.493 e. The van der Waals surface area contributed by atoms with Crippen LogP contribution in [0.4, 0.5) is 16.2 Å². The molecule has 1 saturated heterocycles. The Morgan fingerprint density at radius 2 is 1.71 bits per heavy atom. The molecule has 42 heavy (non-hydrogen) atoms. The first-order valence-electron chi connectivity index (χ1n) is 12.5. The van der Waals surface area contributed by atoms with E-state index in [2.05, 4.69) is 31.3 Å². The minimum Gasteiger partial charge on any atom is -0.493 e. The molecule has 216 valence electrons. The van der Waals surface area contributed by atoms with Gasteiger partial charge < -0.3 is 19.5 Å². The highest BCUT2D eigenvalue weighted by Crippen LogP contribution is 2.37. The fourth-order valence-electron chi connectivity index (χ4n) is 4.08. The van der Waals surface area contributed by atoms with Crippen LogP contribution < -0.4 is 25.0 Å². The zero-order valence-electron chi connectivity index (χ0n) is 23.1. The van der Waals surface area contributed by atoms with Gasteiger partial charge in [-0.25, -0.2) is 14.5 Å². The standard InChI is InChI=1S/C30H26BrN3O8/c1-16-5-6-17(2)23(11-16)32-25(35)15-42-26-22(31)13-18(14-24(26)40-3)12-21-27(36)33-30(39)34(28(21)37)20-9-7-19(8-10-20)29(38)41-4/h5-14H,15H2,1-4H3,(H,32,35)(H,33,36,39)/b21-12-. The first kappa shape index (κ1) is 30.0. The molecule has 3 aromatic rings. The lowest BCUT2D eigenvalue weighted by Crippen LogP contribution is -2.54. The molecule has 0 aliphatic carbocycles. The lowest BCUT2D eigenvalue weighted by molar-refractivity contribution is -0.122. The van der Waals surface area contributed by atoms with Crippen LogP contribution in [0.3, 0.4) is 0 Å². The van der Waals surface area contributed by atoms with Crippen molar-refractivity contribution in [1.29, 1.82) is 0 Å². The monoisotopic (exact) mass is 635 g/mol. The van der Waals surface area contributed by atoms with Crippen LogP contribution in [0.5, 0.6) is 11.5 Å². The van der Waals surface area contributed by atoms with Crippen LogP contribution in [0.1, 0.15) is 27.0 Å². The van der Waals surface area contributed by atoms with E-state index >= 15 is 0 Å². The Labute approximate surface area is 249 Å². The van der Waals surface area contributed by atoms with E-state index in [-0.39, 0.29) is 40.8 Å². The second kappa shape index (κ2) is 12.7. The predicted octanol–water partition coefficient (Wildman–Crippen LogP) is 4.55. The quantitative estimate of drug-likeness (QED) is 0.209. The molecule has 0 atom stereocenters. The number of nitrogens with one attached hydrogen (secondary N) is 2. The maximum atomic E-state index is 13.3. The number of methoxy groups -OCH3 is 2. The van der Waals surface area contributed by atoms with Gasteiger partial charge in [0.25, 0.3) is 17.7 Å². The van der Waals surface area contributed by atoms with Gasteiger partial charge in [0.15, 0.2) is 18.1 Å². The summed E-state index contributed by atoms with van der Waals surface area (Å²) in [5, 5.41) is 4.97. The lowest BCUT2D eigenvalue weighted by Gasteiger charge is -2.26. The first-order chi connectivity index (χ1) is 20.0. The molecule has 2 N–H and O–H groups in total. The van der Waals surface area contributed by atoms with Crippen molar-refractivity contribution in [2.45, 2.75) is 13.8 Å². The van der Waals surface area contributed by atoms with Crippen molar-refractivity contribution in [2.24, 2.45) is 0 Å². The second-order valence-corrected chi connectivity index (χ2v) is 10.0. The van der Waals surface area contributed by atoms with E-state index in [0.717, 1.165) is 16.0 Å². The summed E-state index contributed by atoms with van der Waals surface area (Å²) in [5.74, 6) is -2.25. The molecule has 5 amide bonds. The summed E-state index contributed by atoms with van der Waals surface area (Å²) in [6, 6.07) is 13.4. The average Bonchev–Trinajstić information content (AvgIpc) is 2.96. The third-order valence-electron chi connectivity index (χ3n) is 6.23. The number of nitrogens with zero attached hydrogens (tertiary/aromatic N) is 1. The fraction of sp³-hybridized carbons (Fsp3) is 0.167. The van der Waals surface area contributed by atoms with Crippen molar-refractivity contribution in [3.05, 3.63) is 86.9 Å². The van der Waals surface area contributed by atoms with Crippen LogP contribution in [0.2, 0.25) is 0 Å². The average molecular weight is 636 g/mol. The number of amides is 5. The van der Waals surface area contributed by atoms with Crippen molar-refractivity contribution in [3.8, 4) is 11.5 Å². The molecule has 11 nitrogen and oxygen atoms in total.